The summed E-state index contributed by atoms with van der Waals surface area (Å²) < 4.78 is 54.0. The summed E-state index contributed by atoms with van der Waals surface area (Å²) in [5.41, 5.74) is 3.30. The fourth-order valence-corrected chi connectivity index (χ4v) is 6.94. The number of esters is 2. The molecule has 17 nitrogen and oxygen atoms in total. The number of pyridine rings is 2. The number of nitrogens with two attached hydrogens (primary N) is 1. The van der Waals surface area contributed by atoms with Crippen molar-refractivity contribution in [2.75, 3.05) is 31.5 Å². The van der Waals surface area contributed by atoms with Crippen LogP contribution in [0.3, 0.4) is 0 Å². The molecule has 0 atom stereocenters. The van der Waals surface area contributed by atoms with Crippen molar-refractivity contribution in [1.29, 1.82) is 0 Å². The summed E-state index contributed by atoms with van der Waals surface area (Å²) in [4.78, 5) is 81.1. The van der Waals surface area contributed by atoms with Crippen LogP contribution in [0.1, 0.15) is 11.4 Å². The molecule has 6 rings (SSSR count). The summed E-state index contributed by atoms with van der Waals surface area (Å²) in [7, 11) is 5.49. The number of carbonyl (C=O) groups is 2. The van der Waals surface area contributed by atoms with E-state index in [-0.39, 0.29) is 56.6 Å². The van der Waals surface area contributed by atoms with E-state index in [0.717, 1.165) is 41.7 Å². The van der Waals surface area contributed by atoms with Crippen LogP contribution in [0.25, 0.3) is 11.4 Å². The minimum Gasteiger partial charge on any atom is -0.468 e. The number of methoxy groups -OCH3 is 2. The molecular weight excluding hydrogens is 876 g/mol. The van der Waals surface area contributed by atoms with Gasteiger partial charge in [-0.05, 0) is 44.2 Å². The molecule has 0 radical (unpaired) electrons. The molecule has 22 heteroatoms. The average Bonchev–Trinajstić information content (AvgIpc) is 3.24. The van der Waals surface area contributed by atoms with Gasteiger partial charge in [0.2, 0.25) is 0 Å². The van der Waals surface area contributed by atoms with Gasteiger partial charge in [-0.25, -0.2) is 37.5 Å². The van der Waals surface area contributed by atoms with E-state index < -0.39 is 46.1 Å². The van der Waals surface area contributed by atoms with Crippen LogP contribution in [-0.2, 0) is 33.2 Å². The molecule has 0 aliphatic carbocycles. The van der Waals surface area contributed by atoms with Crippen molar-refractivity contribution in [1.82, 2.24) is 28.2 Å². The van der Waals surface area contributed by atoms with Crippen molar-refractivity contribution in [3.8, 4) is 34.4 Å². The van der Waals surface area contributed by atoms with Crippen LogP contribution in [0.4, 0.5) is 14.5 Å². The second kappa shape index (κ2) is 20.2. The lowest BCUT2D eigenvalue weighted by molar-refractivity contribution is -0.138. The lowest BCUT2D eigenvalue weighted by Crippen LogP contribution is -2.38. The lowest BCUT2D eigenvalue weighted by Gasteiger charge is -2.15. The van der Waals surface area contributed by atoms with Gasteiger partial charge >= 0.3 is 23.3 Å². The Hall–Kier alpha value is -6.71. The third-order valence-corrected chi connectivity index (χ3v) is 10.9. The van der Waals surface area contributed by atoms with Crippen molar-refractivity contribution in [2.45, 2.75) is 23.9 Å². The van der Waals surface area contributed by atoms with Crippen LogP contribution < -0.4 is 37.7 Å². The van der Waals surface area contributed by atoms with Gasteiger partial charge in [0.15, 0.2) is 17.2 Å². The zero-order chi connectivity index (χ0) is 45.4. The molecule has 0 saturated carbocycles. The van der Waals surface area contributed by atoms with Gasteiger partial charge in [-0.15, -0.1) is 0 Å². The van der Waals surface area contributed by atoms with Gasteiger partial charge < -0.3 is 33.8 Å². The lowest BCUT2D eigenvalue weighted by atomic mass is 10.2. The summed E-state index contributed by atoms with van der Waals surface area (Å²) >= 11 is 8.30. The number of thioether (sulfide) groups is 2. The normalized spacial score (nSPS) is 10.7. The summed E-state index contributed by atoms with van der Waals surface area (Å²) in [6, 6.07) is 13.1. The SMILES string of the molecule is COC(=O)CSc1ncccc1Oc1cc(-n2c(=O)cc(C)n(C)c2=O)c(F)cc1Cl.COC(=O)CSc1ncccc1Oc1cc(-n2c(=O)cc(C)n(C)c2=O)c(F)cc1N. The molecule has 6 aromatic rings. The molecule has 324 valence electrons. The Balaban J connectivity index is 0.000000234. The molecule has 0 fully saturated rings. The molecular formula is C40H36ClF2N7O10S2. The number of anilines is 1. The zero-order valence-corrected chi connectivity index (χ0v) is 36.0. The first kappa shape index (κ1) is 46.4. The highest BCUT2D eigenvalue weighted by molar-refractivity contribution is 8.00. The monoisotopic (exact) mass is 911 g/mol. The van der Waals surface area contributed by atoms with Crippen molar-refractivity contribution in [3.05, 3.63) is 143 Å². The fraction of sp³-hybridized carbons (Fsp3) is 0.200. The van der Waals surface area contributed by atoms with Crippen molar-refractivity contribution in [2.24, 2.45) is 14.1 Å². The number of aryl methyl sites for hydroxylation is 2. The first-order valence-corrected chi connectivity index (χ1v) is 20.1. The van der Waals surface area contributed by atoms with Gasteiger partial charge in [-0.2, -0.15) is 0 Å². The maximum atomic E-state index is 14.7. The smallest absolute Gasteiger partial charge is 0.335 e. The summed E-state index contributed by atoms with van der Waals surface area (Å²) in [6.07, 6.45) is 3.03. The predicted octanol–water partition coefficient (Wildman–Crippen LogP) is 5.11. The Labute approximate surface area is 363 Å². The van der Waals surface area contributed by atoms with Crippen LogP contribution in [0, 0.1) is 25.5 Å². The first-order chi connectivity index (χ1) is 29.4. The molecule has 0 bridgehead atoms. The molecule has 0 amide bonds. The third-order valence-electron chi connectivity index (χ3n) is 8.70. The molecule has 2 N–H and O–H groups in total. The Morgan fingerprint density at radius 1 is 0.677 bits per heavy atom. The molecule has 4 aromatic heterocycles. The van der Waals surface area contributed by atoms with Gasteiger partial charge in [0, 0.05) is 68.2 Å². The topological polar surface area (TPSA) is 211 Å². The Kier molecular flexibility index (Phi) is 15.1. The molecule has 0 aliphatic rings. The Bertz CT molecular complexity index is 2740. The van der Waals surface area contributed by atoms with Gasteiger partial charge in [-0.1, -0.05) is 35.1 Å². The maximum Gasteiger partial charge on any atom is 0.335 e. The number of rotatable bonds is 12. The molecule has 4 heterocycles. The van der Waals surface area contributed by atoms with E-state index in [0.29, 0.717) is 30.6 Å². The number of benzene rings is 2. The molecule has 0 aliphatic heterocycles. The maximum absolute atomic E-state index is 14.7. The summed E-state index contributed by atoms with van der Waals surface area (Å²) in [5, 5.41) is 0.672. The van der Waals surface area contributed by atoms with Crippen molar-refractivity contribution in [3.63, 3.8) is 0 Å². The van der Waals surface area contributed by atoms with E-state index in [2.05, 4.69) is 19.4 Å². The Morgan fingerprint density at radius 2 is 1.10 bits per heavy atom. The Morgan fingerprint density at radius 3 is 1.55 bits per heavy atom. The zero-order valence-electron chi connectivity index (χ0n) is 33.6. The number of hydrogen-bond donors (Lipinski definition) is 1. The van der Waals surface area contributed by atoms with Crippen molar-refractivity contribution >= 4 is 52.8 Å². The van der Waals surface area contributed by atoms with E-state index in [4.69, 9.17) is 26.8 Å². The van der Waals surface area contributed by atoms with E-state index in [9.17, 15) is 37.5 Å². The first-order valence-electron chi connectivity index (χ1n) is 17.8. The molecule has 2 aromatic carbocycles. The number of halogens is 3. The fourth-order valence-electron chi connectivity index (χ4n) is 5.23. The van der Waals surface area contributed by atoms with E-state index in [1.807, 2.05) is 0 Å². The highest BCUT2D eigenvalue weighted by Gasteiger charge is 2.20. The molecule has 0 saturated heterocycles. The van der Waals surface area contributed by atoms with Crippen LogP contribution in [-0.4, -0.2) is 65.9 Å². The van der Waals surface area contributed by atoms with E-state index in [1.54, 1.807) is 38.1 Å². The minimum atomic E-state index is -0.869. The second-order valence-corrected chi connectivity index (χ2v) is 15.1. The van der Waals surface area contributed by atoms with Crippen LogP contribution in [0.15, 0.2) is 102 Å². The van der Waals surface area contributed by atoms with E-state index >= 15 is 0 Å². The number of nitrogen functional groups attached to an aromatic ring is 1. The number of nitrogens with zero attached hydrogens (tertiary/aromatic N) is 6. The molecule has 0 unspecified atom stereocenters. The van der Waals surface area contributed by atoms with Gasteiger partial charge in [0.25, 0.3) is 11.1 Å². The average molecular weight is 912 g/mol. The van der Waals surface area contributed by atoms with Crippen LogP contribution in [0.5, 0.6) is 23.0 Å². The van der Waals surface area contributed by atoms with Gasteiger partial charge in [0.05, 0.1) is 47.8 Å². The van der Waals surface area contributed by atoms with Crippen molar-refractivity contribution < 1.29 is 37.3 Å². The highest BCUT2D eigenvalue weighted by Crippen LogP contribution is 2.37. The van der Waals surface area contributed by atoms with Crippen LogP contribution in [0.2, 0.25) is 5.02 Å². The summed E-state index contributed by atoms with van der Waals surface area (Å²) in [6.45, 7) is 3.19. The minimum absolute atomic E-state index is 0.000475. The van der Waals surface area contributed by atoms with E-state index in [1.165, 1.54) is 68.0 Å². The predicted molar refractivity (Wildman–Crippen MR) is 227 cm³/mol. The second-order valence-electron chi connectivity index (χ2n) is 12.7. The molecule has 0 spiro atoms. The number of hydrogen-bond acceptors (Lipinski definition) is 15. The number of ether oxygens (including phenoxy) is 4. The summed E-state index contributed by atoms with van der Waals surface area (Å²) in [5.74, 6) is -2.10. The van der Waals surface area contributed by atoms with Gasteiger partial charge in [-0.3, -0.25) is 19.2 Å². The van der Waals surface area contributed by atoms with Crippen LogP contribution >= 0.6 is 35.1 Å². The van der Waals surface area contributed by atoms with Gasteiger partial charge in [0.1, 0.15) is 27.4 Å². The standard InChI is InChI=1S/C20H17ClFN3O5S.C20H19FN4O5S/c1-11-7-17(26)25(20(28)24(11)2)14-9-16(12(21)8-13(14)22)30-15-5-4-6-23-19(15)31-10-18(27)29-3;1-11-7-17(26)25(20(28)24(11)2)14-9-16(13(22)8-12(14)21)30-15-5-4-6-23-19(15)31-10-18(27)29-3/h4-9H,10H2,1-3H3;4-9H,10,22H2,1-3H3. The number of aromatic nitrogens is 6. The number of carbonyl (C=O) groups excluding carboxylic acids is 2. The quantitative estimate of drug-likeness (QED) is 0.0961. The highest BCUT2D eigenvalue weighted by atomic mass is 35.5. The molecule has 62 heavy (non-hydrogen) atoms. The largest absolute Gasteiger partial charge is 0.468 e. The third kappa shape index (κ3) is 10.6.